The van der Waals surface area contributed by atoms with E-state index in [1.807, 2.05) is 0 Å². The van der Waals surface area contributed by atoms with E-state index in [0.717, 1.165) is 17.8 Å². The second-order valence-corrected chi connectivity index (χ2v) is 7.85. The van der Waals surface area contributed by atoms with E-state index in [-0.39, 0.29) is 0 Å². The average molecular weight is 269 g/mol. The molecule has 2 fully saturated rings. The molecule has 4 rings (SSSR count). The number of fused-ring (bicyclic) bond motifs is 5. The van der Waals surface area contributed by atoms with Gasteiger partial charge in [-0.2, -0.15) is 0 Å². The van der Waals surface area contributed by atoms with Gasteiger partial charge in [0.1, 0.15) is 0 Å². The van der Waals surface area contributed by atoms with E-state index in [9.17, 15) is 0 Å². The van der Waals surface area contributed by atoms with Crippen LogP contribution in [0.3, 0.4) is 0 Å². The molecule has 20 heavy (non-hydrogen) atoms. The summed E-state index contributed by atoms with van der Waals surface area (Å²) < 4.78 is 0. The van der Waals surface area contributed by atoms with E-state index in [2.05, 4.69) is 32.0 Å². The Morgan fingerprint density at radius 1 is 1.15 bits per heavy atom. The van der Waals surface area contributed by atoms with Crippen molar-refractivity contribution in [3.8, 4) is 0 Å². The van der Waals surface area contributed by atoms with Crippen LogP contribution in [0.4, 0.5) is 0 Å². The molecule has 0 amide bonds. The van der Waals surface area contributed by atoms with Crippen LogP contribution in [0.1, 0.15) is 61.6 Å². The van der Waals surface area contributed by atoms with Gasteiger partial charge in [-0.15, -0.1) is 0 Å². The Morgan fingerprint density at radius 2 is 2.00 bits per heavy atom. The van der Waals surface area contributed by atoms with Crippen LogP contribution in [0, 0.1) is 24.2 Å². The van der Waals surface area contributed by atoms with Gasteiger partial charge in [-0.1, -0.05) is 30.7 Å². The molecule has 3 aliphatic carbocycles. The molecule has 5 unspecified atom stereocenters. The third kappa shape index (κ3) is 1.65. The number of hydrogen-bond donors (Lipinski definition) is 1. The van der Waals surface area contributed by atoms with Gasteiger partial charge >= 0.3 is 0 Å². The van der Waals surface area contributed by atoms with Crippen LogP contribution in [0.2, 0.25) is 0 Å². The first-order valence-corrected chi connectivity index (χ1v) is 8.44. The molecule has 0 heterocycles. The van der Waals surface area contributed by atoms with Crippen molar-refractivity contribution in [2.75, 3.05) is 0 Å². The molecule has 2 saturated carbocycles. The van der Waals surface area contributed by atoms with Gasteiger partial charge in [0.25, 0.3) is 0 Å². The number of rotatable bonds is 0. The normalized spacial score (nSPS) is 42.8. The molecule has 0 aromatic heterocycles. The van der Waals surface area contributed by atoms with E-state index < -0.39 is 0 Å². The van der Waals surface area contributed by atoms with E-state index in [1.165, 1.54) is 44.1 Å². The maximum absolute atomic E-state index is 6.46. The van der Waals surface area contributed by atoms with Gasteiger partial charge in [-0.05, 0) is 79.7 Å². The van der Waals surface area contributed by atoms with Crippen LogP contribution < -0.4 is 5.73 Å². The van der Waals surface area contributed by atoms with Gasteiger partial charge in [-0.3, -0.25) is 0 Å². The Hall–Kier alpha value is -0.820. The average Bonchev–Trinajstić information content (AvgIpc) is 2.74. The van der Waals surface area contributed by atoms with Crippen molar-refractivity contribution in [2.24, 2.45) is 23.0 Å². The van der Waals surface area contributed by atoms with Gasteiger partial charge < -0.3 is 5.73 Å². The summed E-state index contributed by atoms with van der Waals surface area (Å²) >= 11 is 0. The fraction of sp³-hybridized carbons (Fsp3) is 0.684. The van der Waals surface area contributed by atoms with E-state index >= 15 is 0 Å². The lowest BCUT2D eigenvalue weighted by molar-refractivity contribution is 0.0496. The predicted molar refractivity (Wildman–Crippen MR) is 83.8 cm³/mol. The first-order chi connectivity index (χ1) is 9.59. The van der Waals surface area contributed by atoms with E-state index in [0.29, 0.717) is 11.5 Å². The highest BCUT2D eigenvalue weighted by Crippen LogP contribution is 2.60. The van der Waals surface area contributed by atoms with Crippen molar-refractivity contribution < 1.29 is 0 Å². The number of benzene rings is 1. The summed E-state index contributed by atoms with van der Waals surface area (Å²) in [6.07, 6.45) is 8.02. The topological polar surface area (TPSA) is 26.0 Å². The Kier molecular flexibility index (Phi) is 2.79. The lowest BCUT2D eigenvalue weighted by Gasteiger charge is -2.50. The van der Waals surface area contributed by atoms with Gasteiger partial charge in [0.2, 0.25) is 0 Å². The molecule has 2 N–H and O–H groups in total. The molecule has 3 aliphatic rings. The zero-order valence-corrected chi connectivity index (χ0v) is 12.9. The highest BCUT2D eigenvalue weighted by Gasteiger charge is 2.53. The van der Waals surface area contributed by atoms with Gasteiger partial charge in [0.15, 0.2) is 0 Å². The second-order valence-electron chi connectivity index (χ2n) is 7.85. The molecular formula is C19H27N. The van der Waals surface area contributed by atoms with Crippen molar-refractivity contribution in [3.63, 3.8) is 0 Å². The Labute approximate surface area is 122 Å². The van der Waals surface area contributed by atoms with E-state index in [1.54, 1.807) is 11.1 Å². The smallest absolute Gasteiger partial charge is 0.00957 e. The Bertz CT molecular complexity index is 535. The molecule has 1 aromatic carbocycles. The highest BCUT2D eigenvalue weighted by atomic mass is 14.7. The quantitative estimate of drug-likeness (QED) is 0.751. The Morgan fingerprint density at radius 3 is 2.85 bits per heavy atom. The van der Waals surface area contributed by atoms with Crippen LogP contribution in [0.25, 0.3) is 0 Å². The molecule has 108 valence electrons. The summed E-state index contributed by atoms with van der Waals surface area (Å²) in [5, 5.41) is 0. The molecule has 0 spiro atoms. The molecule has 1 aromatic rings. The summed E-state index contributed by atoms with van der Waals surface area (Å²) in [7, 11) is 0. The van der Waals surface area contributed by atoms with Crippen LogP contribution in [0.5, 0.6) is 0 Å². The first kappa shape index (κ1) is 12.9. The maximum atomic E-state index is 6.46. The van der Waals surface area contributed by atoms with Crippen LogP contribution in [-0.4, -0.2) is 6.04 Å². The summed E-state index contributed by atoms with van der Waals surface area (Å²) in [6.45, 7) is 4.70. The number of hydrogen-bond acceptors (Lipinski definition) is 1. The third-order valence-corrected chi connectivity index (χ3v) is 6.96. The zero-order valence-electron chi connectivity index (χ0n) is 12.9. The lowest BCUT2D eigenvalue weighted by Crippen LogP contribution is -2.46. The van der Waals surface area contributed by atoms with Crippen LogP contribution >= 0.6 is 0 Å². The van der Waals surface area contributed by atoms with Crippen molar-refractivity contribution in [1.29, 1.82) is 0 Å². The third-order valence-electron chi connectivity index (χ3n) is 6.96. The number of aryl methyl sites for hydroxylation is 2. The van der Waals surface area contributed by atoms with Crippen LogP contribution in [-0.2, 0) is 6.42 Å². The standard InChI is InChI=1S/C19H27N/c1-12-3-5-14-13(11-12)4-6-16-15(14)9-10-19(2)17(16)7-8-18(19)20/h3,5,11,15-18H,4,6-10,20H2,1-2H3. The summed E-state index contributed by atoms with van der Waals surface area (Å²) in [4.78, 5) is 0. The summed E-state index contributed by atoms with van der Waals surface area (Å²) in [6, 6.07) is 7.63. The molecule has 0 saturated heterocycles. The predicted octanol–water partition coefficient (Wildman–Crippen LogP) is 4.18. The van der Waals surface area contributed by atoms with Gasteiger partial charge in [-0.25, -0.2) is 0 Å². The summed E-state index contributed by atoms with van der Waals surface area (Å²) in [5.74, 6) is 2.60. The highest BCUT2D eigenvalue weighted by molar-refractivity contribution is 5.37. The van der Waals surface area contributed by atoms with Crippen molar-refractivity contribution >= 4 is 0 Å². The van der Waals surface area contributed by atoms with Crippen molar-refractivity contribution in [2.45, 2.75) is 64.3 Å². The fourth-order valence-electron chi connectivity index (χ4n) is 5.75. The fourth-order valence-corrected chi connectivity index (χ4v) is 5.75. The second kappa shape index (κ2) is 4.34. The molecule has 0 bridgehead atoms. The molecule has 0 radical (unpaired) electrons. The first-order valence-electron chi connectivity index (χ1n) is 8.44. The summed E-state index contributed by atoms with van der Waals surface area (Å²) in [5.41, 5.74) is 11.6. The minimum Gasteiger partial charge on any atom is -0.327 e. The minimum absolute atomic E-state index is 0.434. The van der Waals surface area contributed by atoms with Crippen LogP contribution in [0.15, 0.2) is 18.2 Å². The van der Waals surface area contributed by atoms with E-state index in [4.69, 9.17) is 5.73 Å². The Balaban J connectivity index is 1.71. The zero-order chi connectivity index (χ0) is 13.9. The molecule has 5 atom stereocenters. The number of nitrogens with two attached hydrogens (primary N) is 1. The molecule has 1 nitrogen and oxygen atoms in total. The van der Waals surface area contributed by atoms with Crippen molar-refractivity contribution in [1.82, 2.24) is 0 Å². The van der Waals surface area contributed by atoms with Gasteiger partial charge in [0, 0.05) is 6.04 Å². The largest absolute Gasteiger partial charge is 0.327 e. The SMILES string of the molecule is Cc1ccc2c(c1)CCC1C2CCC2(C)C(N)CCC12. The monoisotopic (exact) mass is 269 g/mol. The maximum Gasteiger partial charge on any atom is 0.00957 e. The molecule has 1 heteroatoms. The van der Waals surface area contributed by atoms with Gasteiger partial charge in [0.05, 0.1) is 0 Å². The molecular weight excluding hydrogens is 242 g/mol. The van der Waals surface area contributed by atoms with Crippen molar-refractivity contribution in [3.05, 3.63) is 34.9 Å². The lowest BCUT2D eigenvalue weighted by atomic mass is 9.55. The minimum atomic E-state index is 0.434. The molecule has 0 aliphatic heterocycles.